The first-order valence-corrected chi connectivity index (χ1v) is 12.0. The Kier molecular flexibility index (Phi) is 9.72. The molecule has 5 atom stereocenters. The van der Waals surface area contributed by atoms with E-state index in [0.717, 1.165) is 0 Å². The highest BCUT2D eigenvalue weighted by Crippen LogP contribution is 2.39. The SMILES string of the molecule is CC(C)(C)[C@H](NC(=O)C(F)(F)F)C(=O)N1CC[C@H](C(F)(F)F)[C@H]1C(=O)NN(C[C@@H]1CCNC1=O)C(=O)[C@H](F)Cl. The highest BCUT2D eigenvalue weighted by Gasteiger charge is 2.56. The second kappa shape index (κ2) is 11.7. The zero-order valence-corrected chi connectivity index (χ0v) is 21.6. The molecule has 0 aliphatic carbocycles. The number of carbonyl (C=O) groups is 5. The molecule has 2 aliphatic heterocycles. The van der Waals surface area contributed by atoms with Gasteiger partial charge in [-0.1, -0.05) is 32.4 Å². The van der Waals surface area contributed by atoms with Crippen LogP contribution in [0.15, 0.2) is 0 Å². The minimum atomic E-state index is -5.42. The van der Waals surface area contributed by atoms with Crippen molar-refractivity contribution in [2.24, 2.45) is 17.3 Å². The number of hydrazine groups is 1. The molecule has 0 aromatic carbocycles. The van der Waals surface area contributed by atoms with E-state index in [1.165, 1.54) is 26.1 Å². The van der Waals surface area contributed by atoms with Crippen LogP contribution in [0, 0.1) is 17.3 Å². The molecule has 39 heavy (non-hydrogen) atoms. The Morgan fingerprint density at radius 2 is 1.69 bits per heavy atom. The Labute approximate surface area is 222 Å². The number of rotatable bonds is 6. The van der Waals surface area contributed by atoms with Crippen molar-refractivity contribution >= 4 is 41.1 Å². The lowest BCUT2D eigenvalue weighted by atomic mass is 9.85. The van der Waals surface area contributed by atoms with Gasteiger partial charge in [-0.3, -0.25) is 29.4 Å². The molecule has 3 N–H and O–H groups in total. The third-order valence-corrected chi connectivity index (χ3v) is 6.47. The van der Waals surface area contributed by atoms with Crippen LogP contribution in [0.4, 0.5) is 30.7 Å². The smallest absolute Gasteiger partial charge is 0.356 e. The summed E-state index contributed by atoms with van der Waals surface area (Å²) >= 11 is 5.16. The molecule has 2 rings (SSSR count). The fourth-order valence-corrected chi connectivity index (χ4v) is 4.40. The van der Waals surface area contributed by atoms with Crippen LogP contribution in [0.1, 0.15) is 33.6 Å². The molecule has 18 heteroatoms. The summed E-state index contributed by atoms with van der Waals surface area (Å²) in [4.78, 5) is 62.5. The van der Waals surface area contributed by atoms with Gasteiger partial charge in [0.05, 0.1) is 18.4 Å². The van der Waals surface area contributed by atoms with Crippen molar-refractivity contribution in [1.82, 2.24) is 26.0 Å². The van der Waals surface area contributed by atoms with Crippen molar-refractivity contribution in [3.63, 3.8) is 0 Å². The molecule has 0 saturated carbocycles. The summed E-state index contributed by atoms with van der Waals surface area (Å²) in [5.41, 5.74) is -2.41. The number of alkyl halides is 8. The summed E-state index contributed by atoms with van der Waals surface area (Å²) in [6, 6.07) is -4.42. The topological polar surface area (TPSA) is 128 Å². The summed E-state index contributed by atoms with van der Waals surface area (Å²) in [6.45, 7) is 2.51. The maximum atomic E-state index is 13.9. The molecule has 0 spiro atoms. The summed E-state index contributed by atoms with van der Waals surface area (Å²) in [7, 11) is 0. The fraction of sp³-hybridized carbons (Fsp3) is 0.762. The monoisotopic (exact) mass is 597 g/mol. The van der Waals surface area contributed by atoms with Gasteiger partial charge in [-0.15, -0.1) is 0 Å². The third kappa shape index (κ3) is 7.85. The Balaban J connectivity index is 2.42. The van der Waals surface area contributed by atoms with E-state index in [1.54, 1.807) is 5.43 Å². The number of carbonyl (C=O) groups excluding carboxylic acids is 5. The number of likely N-dealkylation sites (tertiary alicyclic amines) is 1. The molecule has 0 aromatic heterocycles. The third-order valence-electron chi connectivity index (χ3n) is 6.28. The standard InChI is InChI=1S/C21H27ClF7N5O5/c1-19(2,3)12(31-18(39)21(27,28)29)16(37)33-7-5-10(20(24,25)26)11(33)15(36)32-34(17(38)13(22)23)8-9-4-6-30-14(9)35/h9-13H,4-8H2,1-3H3,(H,30,35)(H,31,39)(H,32,36)/t9-,10-,11-,12+,13-/m0/s1. The van der Waals surface area contributed by atoms with Crippen molar-refractivity contribution in [2.45, 2.75) is 63.7 Å². The van der Waals surface area contributed by atoms with E-state index in [9.17, 15) is 54.7 Å². The first-order valence-electron chi connectivity index (χ1n) is 11.6. The van der Waals surface area contributed by atoms with Crippen LogP contribution in [0.2, 0.25) is 0 Å². The maximum Gasteiger partial charge on any atom is 0.471 e. The van der Waals surface area contributed by atoms with Crippen LogP contribution in [0.25, 0.3) is 0 Å². The van der Waals surface area contributed by atoms with Crippen LogP contribution < -0.4 is 16.1 Å². The Bertz CT molecular complexity index is 986. The van der Waals surface area contributed by atoms with Crippen LogP contribution >= 0.6 is 11.6 Å². The van der Waals surface area contributed by atoms with Gasteiger partial charge in [0.25, 0.3) is 17.4 Å². The molecule has 2 heterocycles. The van der Waals surface area contributed by atoms with Gasteiger partial charge in [0.2, 0.25) is 11.8 Å². The predicted octanol–water partition coefficient (Wildman–Crippen LogP) is 1.39. The first-order chi connectivity index (χ1) is 17.7. The molecule has 0 bridgehead atoms. The van der Waals surface area contributed by atoms with Gasteiger partial charge in [-0.2, -0.15) is 26.3 Å². The largest absolute Gasteiger partial charge is 0.471 e. The zero-order valence-electron chi connectivity index (χ0n) is 20.9. The highest BCUT2D eigenvalue weighted by atomic mass is 35.5. The summed E-state index contributed by atoms with van der Waals surface area (Å²) in [6.07, 6.45) is -11.2. The lowest BCUT2D eigenvalue weighted by molar-refractivity contribution is -0.186. The lowest BCUT2D eigenvalue weighted by Gasteiger charge is -2.37. The van der Waals surface area contributed by atoms with Gasteiger partial charge in [0.15, 0.2) is 0 Å². The second-order valence-electron chi connectivity index (χ2n) is 10.2. The number of amides is 5. The number of hydrogen-bond donors (Lipinski definition) is 3. The molecule has 0 unspecified atom stereocenters. The van der Waals surface area contributed by atoms with E-state index >= 15 is 0 Å². The van der Waals surface area contributed by atoms with E-state index in [2.05, 4.69) is 5.32 Å². The van der Waals surface area contributed by atoms with E-state index in [4.69, 9.17) is 11.6 Å². The van der Waals surface area contributed by atoms with E-state index < -0.39 is 96.4 Å². The summed E-state index contributed by atoms with van der Waals surface area (Å²) in [5.74, 6) is -11.2. The molecule has 5 amide bonds. The number of hydrogen-bond acceptors (Lipinski definition) is 5. The van der Waals surface area contributed by atoms with E-state index in [1.807, 2.05) is 0 Å². The van der Waals surface area contributed by atoms with Crippen molar-refractivity contribution in [2.75, 3.05) is 19.6 Å². The predicted molar refractivity (Wildman–Crippen MR) is 119 cm³/mol. The lowest BCUT2D eigenvalue weighted by Crippen LogP contribution is -2.62. The Morgan fingerprint density at radius 1 is 1.10 bits per heavy atom. The van der Waals surface area contributed by atoms with Gasteiger partial charge in [0, 0.05) is 13.1 Å². The quantitative estimate of drug-likeness (QED) is 0.242. The van der Waals surface area contributed by atoms with Crippen molar-refractivity contribution in [3.8, 4) is 0 Å². The average molecular weight is 598 g/mol. The van der Waals surface area contributed by atoms with Gasteiger partial charge in [-0.25, -0.2) is 9.40 Å². The van der Waals surface area contributed by atoms with Gasteiger partial charge in [-0.05, 0) is 18.3 Å². The van der Waals surface area contributed by atoms with E-state index in [0.29, 0.717) is 4.90 Å². The van der Waals surface area contributed by atoms with Gasteiger partial charge >= 0.3 is 18.3 Å². The Morgan fingerprint density at radius 3 is 2.13 bits per heavy atom. The van der Waals surface area contributed by atoms with E-state index in [-0.39, 0.29) is 18.0 Å². The van der Waals surface area contributed by atoms with Crippen molar-refractivity contribution < 1.29 is 54.7 Å². The maximum absolute atomic E-state index is 13.9. The second-order valence-corrected chi connectivity index (χ2v) is 10.6. The minimum absolute atomic E-state index is 0.142. The van der Waals surface area contributed by atoms with Gasteiger partial charge in [0.1, 0.15) is 12.1 Å². The fourth-order valence-electron chi connectivity index (χ4n) is 4.28. The highest BCUT2D eigenvalue weighted by molar-refractivity contribution is 6.29. The molecule has 2 aliphatic rings. The van der Waals surface area contributed by atoms with Crippen molar-refractivity contribution in [3.05, 3.63) is 0 Å². The first kappa shape index (κ1) is 32.4. The van der Waals surface area contributed by atoms with Crippen LogP contribution in [-0.2, 0) is 24.0 Å². The minimum Gasteiger partial charge on any atom is -0.356 e. The molecule has 222 valence electrons. The van der Waals surface area contributed by atoms with Crippen LogP contribution in [0.3, 0.4) is 0 Å². The normalized spacial score (nSPS) is 23.6. The number of halogens is 8. The molecular weight excluding hydrogens is 571 g/mol. The van der Waals surface area contributed by atoms with Gasteiger partial charge < -0.3 is 15.5 Å². The molecule has 0 aromatic rings. The number of nitrogens with zero attached hydrogens (tertiary/aromatic N) is 2. The average Bonchev–Trinajstić information content (AvgIpc) is 3.40. The molecule has 0 radical (unpaired) electrons. The molecule has 2 saturated heterocycles. The molecule has 2 fully saturated rings. The molecular formula is C21H27ClF7N5O5. The summed E-state index contributed by atoms with van der Waals surface area (Å²) < 4.78 is 93.8. The Hall–Kier alpha value is -2.85. The number of nitrogens with one attached hydrogen (secondary N) is 3. The van der Waals surface area contributed by atoms with Crippen LogP contribution in [-0.4, -0.2) is 89.1 Å². The summed E-state index contributed by atoms with van der Waals surface area (Å²) in [5, 5.41) is 4.12. The molecule has 10 nitrogen and oxygen atoms in total. The van der Waals surface area contributed by atoms with Crippen molar-refractivity contribution in [1.29, 1.82) is 0 Å². The zero-order chi connectivity index (χ0) is 30.1. The van der Waals surface area contributed by atoms with Crippen LogP contribution in [0.5, 0.6) is 0 Å².